The van der Waals surface area contributed by atoms with Crippen LogP contribution in [-0.2, 0) is 11.2 Å². The summed E-state index contributed by atoms with van der Waals surface area (Å²) >= 11 is 1.40. The van der Waals surface area contributed by atoms with Crippen molar-refractivity contribution in [3.8, 4) is 17.1 Å². The number of anilines is 1. The molecule has 0 saturated heterocycles. The SMILES string of the molecule is CCc1ccc(NC(=O)[C@H]2Sc3nnc(-c4ccccc4)n3N[C@@H]2c2ccc(OC)cc2)cc1. The standard InChI is InChI=1S/C26H25N5O2S/c1-3-17-9-13-20(14-10-17)27-25(32)23-22(18-11-15-21(33-2)16-12-18)30-31-24(28-29-26(31)34-23)19-7-5-4-6-8-19/h4-16,22-23,30H,3H2,1-2H3,(H,27,32)/t22-,23+/m1/s1. The van der Waals surface area contributed by atoms with Gasteiger partial charge in [-0.2, -0.15) is 0 Å². The molecule has 3 aromatic carbocycles. The van der Waals surface area contributed by atoms with E-state index in [1.807, 2.05) is 83.5 Å². The lowest BCUT2D eigenvalue weighted by atomic mass is 10.0. The van der Waals surface area contributed by atoms with E-state index in [4.69, 9.17) is 4.74 Å². The number of rotatable bonds is 6. The van der Waals surface area contributed by atoms with Gasteiger partial charge in [0.25, 0.3) is 0 Å². The summed E-state index contributed by atoms with van der Waals surface area (Å²) in [5.41, 5.74) is 7.41. The van der Waals surface area contributed by atoms with Crippen LogP contribution >= 0.6 is 11.8 Å². The van der Waals surface area contributed by atoms with Crippen LogP contribution in [0.1, 0.15) is 24.1 Å². The number of hydrogen-bond donors (Lipinski definition) is 2. The summed E-state index contributed by atoms with van der Waals surface area (Å²) in [7, 11) is 1.64. The number of methoxy groups -OCH3 is 1. The van der Waals surface area contributed by atoms with Gasteiger partial charge in [0.05, 0.1) is 13.2 Å². The molecule has 8 heteroatoms. The highest BCUT2D eigenvalue weighted by molar-refractivity contribution is 8.00. The molecular formula is C26H25N5O2S. The molecule has 1 aromatic heterocycles. The number of aromatic nitrogens is 3. The maximum absolute atomic E-state index is 13.5. The number of thioether (sulfide) groups is 1. The van der Waals surface area contributed by atoms with E-state index in [9.17, 15) is 4.79 Å². The number of nitrogens with zero attached hydrogens (tertiary/aromatic N) is 3. The minimum Gasteiger partial charge on any atom is -0.497 e. The van der Waals surface area contributed by atoms with Crippen LogP contribution in [0, 0.1) is 0 Å². The summed E-state index contributed by atoms with van der Waals surface area (Å²) in [6.45, 7) is 2.11. The Morgan fingerprint density at radius 1 is 1.03 bits per heavy atom. The van der Waals surface area contributed by atoms with Crippen molar-refractivity contribution in [2.45, 2.75) is 29.8 Å². The van der Waals surface area contributed by atoms with Crippen molar-refractivity contribution in [3.63, 3.8) is 0 Å². The largest absolute Gasteiger partial charge is 0.497 e. The number of amides is 1. The summed E-state index contributed by atoms with van der Waals surface area (Å²) in [4.78, 5) is 13.5. The second-order valence-electron chi connectivity index (χ2n) is 7.97. The molecule has 0 fully saturated rings. The molecular weight excluding hydrogens is 446 g/mol. The first kappa shape index (κ1) is 22.0. The molecule has 1 amide bonds. The Labute approximate surface area is 202 Å². The van der Waals surface area contributed by atoms with Crippen LogP contribution in [0.2, 0.25) is 0 Å². The van der Waals surface area contributed by atoms with Crippen molar-refractivity contribution in [3.05, 3.63) is 90.0 Å². The molecule has 2 heterocycles. The van der Waals surface area contributed by atoms with Crippen LogP contribution in [0.3, 0.4) is 0 Å². The van der Waals surface area contributed by atoms with Gasteiger partial charge in [-0.25, -0.2) is 4.68 Å². The molecule has 1 aliphatic rings. The van der Waals surface area contributed by atoms with Gasteiger partial charge >= 0.3 is 0 Å². The Morgan fingerprint density at radius 3 is 2.44 bits per heavy atom. The second-order valence-corrected chi connectivity index (χ2v) is 9.07. The first-order chi connectivity index (χ1) is 16.7. The van der Waals surface area contributed by atoms with E-state index in [1.165, 1.54) is 17.3 Å². The summed E-state index contributed by atoms with van der Waals surface area (Å²) in [5, 5.41) is 12.0. The summed E-state index contributed by atoms with van der Waals surface area (Å²) < 4.78 is 7.19. The van der Waals surface area contributed by atoms with E-state index < -0.39 is 5.25 Å². The van der Waals surface area contributed by atoms with E-state index in [1.54, 1.807) is 7.11 Å². The predicted octanol–water partition coefficient (Wildman–Crippen LogP) is 4.91. The Bertz CT molecular complexity index is 1270. The number of nitrogens with one attached hydrogen (secondary N) is 2. The smallest absolute Gasteiger partial charge is 0.240 e. The lowest BCUT2D eigenvalue weighted by Gasteiger charge is -2.33. The molecule has 5 rings (SSSR count). The number of benzene rings is 3. The van der Waals surface area contributed by atoms with Crippen molar-refractivity contribution >= 4 is 23.4 Å². The lowest BCUT2D eigenvalue weighted by Crippen LogP contribution is -2.41. The maximum Gasteiger partial charge on any atom is 0.240 e. The molecule has 2 N–H and O–H groups in total. The zero-order valence-electron chi connectivity index (χ0n) is 18.9. The normalized spacial score (nSPS) is 16.9. The van der Waals surface area contributed by atoms with Crippen molar-refractivity contribution in [2.24, 2.45) is 0 Å². The lowest BCUT2D eigenvalue weighted by molar-refractivity contribution is -0.116. The zero-order valence-corrected chi connectivity index (χ0v) is 19.8. The number of carbonyl (C=O) groups excluding carboxylic acids is 1. The minimum atomic E-state index is -0.459. The molecule has 4 aromatic rings. The van der Waals surface area contributed by atoms with Gasteiger partial charge in [0.2, 0.25) is 11.1 Å². The molecule has 0 saturated carbocycles. The Morgan fingerprint density at radius 2 is 1.76 bits per heavy atom. The number of carbonyl (C=O) groups is 1. The van der Waals surface area contributed by atoms with Gasteiger partial charge in [-0.05, 0) is 41.8 Å². The monoisotopic (exact) mass is 471 g/mol. The molecule has 7 nitrogen and oxygen atoms in total. The van der Waals surface area contributed by atoms with Gasteiger partial charge in [0.1, 0.15) is 11.0 Å². The molecule has 0 radical (unpaired) electrons. The number of hydrogen-bond acceptors (Lipinski definition) is 6. The highest BCUT2D eigenvalue weighted by atomic mass is 32.2. The van der Waals surface area contributed by atoms with Gasteiger partial charge in [-0.1, -0.05) is 73.3 Å². The topological polar surface area (TPSA) is 81.1 Å². The maximum atomic E-state index is 13.5. The second kappa shape index (κ2) is 9.61. The van der Waals surface area contributed by atoms with E-state index in [0.717, 1.165) is 29.0 Å². The molecule has 34 heavy (non-hydrogen) atoms. The van der Waals surface area contributed by atoms with Gasteiger partial charge < -0.3 is 15.5 Å². The highest BCUT2D eigenvalue weighted by Crippen LogP contribution is 2.39. The highest BCUT2D eigenvalue weighted by Gasteiger charge is 2.38. The first-order valence-electron chi connectivity index (χ1n) is 11.1. The van der Waals surface area contributed by atoms with Crippen molar-refractivity contribution in [1.82, 2.24) is 14.9 Å². The average molecular weight is 472 g/mol. The van der Waals surface area contributed by atoms with E-state index in [0.29, 0.717) is 11.0 Å². The van der Waals surface area contributed by atoms with E-state index in [-0.39, 0.29) is 11.9 Å². The third-order valence-electron chi connectivity index (χ3n) is 5.83. The van der Waals surface area contributed by atoms with E-state index in [2.05, 4.69) is 27.9 Å². The van der Waals surface area contributed by atoms with Gasteiger partial charge in [-0.3, -0.25) is 4.79 Å². The molecule has 0 bridgehead atoms. The Balaban J connectivity index is 1.48. The summed E-state index contributed by atoms with van der Waals surface area (Å²) in [6.07, 6.45) is 0.954. The Kier molecular flexibility index (Phi) is 6.22. The summed E-state index contributed by atoms with van der Waals surface area (Å²) in [6, 6.07) is 25.3. The van der Waals surface area contributed by atoms with Crippen molar-refractivity contribution in [2.75, 3.05) is 17.9 Å². The predicted molar refractivity (Wildman–Crippen MR) is 135 cm³/mol. The van der Waals surface area contributed by atoms with Crippen LogP contribution < -0.4 is 15.5 Å². The van der Waals surface area contributed by atoms with Crippen LogP contribution in [0.5, 0.6) is 5.75 Å². The summed E-state index contributed by atoms with van der Waals surface area (Å²) in [5.74, 6) is 1.37. The molecule has 1 aliphatic heterocycles. The molecule has 0 spiro atoms. The van der Waals surface area contributed by atoms with Crippen molar-refractivity contribution in [1.29, 1.82) is 0 Å². The van der Waals surface area contributed by atoms with Crippen LogP contribution in [0.15, 0.2) is 84.0 Å². The third-order valence-corrected chi connectivity index (χ3v) is 7.05. The fourth-order valence-electron chi connectivity index (χ4n) is 3.93. The molecule has 2 atom stereocenters. The molecule has 0 unspecified atom stereocenters. The first-order valence-corrected chi connectivity index (χ1v) is 12.0. The van der Waals surface area contributed by atoms with Gasteiger partial charge in [-0.15, -0.1) is 10.2 Å². The molecule has 0 aliphatic carbocycles. The number of ether oxygens (including phenoxy) is 1. The number of aryl methyl sites for hydroxylation is 1. The third kappa shape index (κ3) is 4.36. The van der Waals surface area contributed by atoms with Crippen LogP contribution in [-0.4, -0.2) is 33.1 Å². The van der Waals surface area contributed by atoms with Gasteiger partial charge in [0, 0.05) is 11.3 Å². The van der Waals surface area contributed by atoms with Crippen LogP contribution in [0.25, 0.3) is 11.4 Å². The van der Waals surface area contributed by atoms with Gasteiger partial charge in [0.15, 0.2) is 5.82 Å². The number of fused-ring (bicyclic) bond motifs is 1. The zero-order chi connectivity index (χ0) is 23.5. The quantitative estimate of drug-likeness (QED) is 0.416. The van der Waals surface area contributed by atoms with Crippen LogP contribution in [0.4, 0.5) is 5.69 Å². The molecule has 172 valence electrons. The van der Waals surface area contributed by atoms with Crippen molar-refractivity contribution < 1.29 is 9.53 Å². The Hall–Kier alpha value is -3.78. The minimum absolute atomic E-state index is 0.0990. The fraction of sp³-hybridized carbons (Fsp3) is 0.192. The average Bonchev–Trinajstić information content (AvgIpc) is 3.32. The van der Waals surface area contributed by atoms with E-state index >= 15 is 0 Å². The fourth-order valence-corrected chi connectivity index (χ4v) is 5.01.